The van der Waals surface area contributed by atoms with Crippen LogP contribution in [0.15, 0.2) is 36.4 Å². The Labute approximate surface area is 99.2 Å². The Morgan fingerprint density at radius 1 is 1.19 bits per heavy atom. The van der Waals surface area contributed by atoms with Crippen molar-refractivity contribution in [1.29, 1.82) is 0 Å². The quantitative estimate of drug-likeness (QED) is 0.826. The van der Waals surface area contributed by atoms with E-state index < -0.39 is 0 Å². The summed E-state index contributed by atoms with van der Waals surface area (Å²) >= 11 is 5.89. The van der Waals surface area contributed by atoms with E-state index in [0.29, 0.717) is 11.6 Å². The Hall–Kier alpha value is -1.38. The van der Waals surface area contributed by atoms with E-state index in [0.717, 1.165) is 16.3 Å². The van der Waals surface area contributed by atoms with Crippen molar-refractivity contribution in [2.45, 2.75) is 0 Å². The third kappa shape index (κ3) is 2.23. The average Bonchev–Trinajstić information content (AvgIpc) is 2.28. The summed E-state index contributed by atoms with van der Waals surface area (Å²) in [6, 6.07) is 11.3. The highest BCUT2D eigenvalue weighted by Gasteiger charge is 2.05. The van der Waals surface area contributed by atoms with E-state index in [1.54, 1.807) is 7.05 Å². The number of carbonyl (C=O) groups excluding carboxylic acids is 1. The molecule has 0 bridgehead atoms. The minimum atomic E-state index is 0.0966. The third-order valence-electron chi connectivity index (χ3n) is 2.46. The van der Waals surface area contributed by atoms with E-state index in [9.17, 15) is 4.79 Å². The number of likely N-dealkylation sites (N-methyl/N-ethyl adjacent to an activating group) is 1. The van der Waals surface area contributed by atoms with Crippen molar-refractivity contribution in [2.75, 3.05) is 13.6 Å². The summed E-state index contributed by atoms with van der Waals surface area (Å²) < 4.78 is 0. The zero-order valence-corrected chi connectivity index (χ0v) is 9.71. The zero-order chi connectivity index (χ0) is 11.5. The molecule has 0 aliphatic carbocycles. The molecule has 0 fully saturated rings. The molecule has 0 aliphatic rings. The van der Waals surface area contributed by atoms with Crippen LogP contribution in [-0.4, -0.2) is 19.4 Å². The van der Waals surface area contributed by atoms with E-state index in [-0.39, 0.29) is 5.78 Å². The molecular formula is C13H12ClNO. The molecule has 16 heavy (non-hydrogen) atoms. The molecule has 2 rings (SSSR count). The van der Waals surface area contributed by atoms with Gasteiger partial charge < -0.3 is 5.32 Å². The molecule has 0 amide bonds. The van der Waals surface area contributed by atoms with Gasteiger partial charge in [0, 0.05) is 10.6 Å². The molecule has 2 aromatic carbocycles. The lowest BCUT2D eigenvalue weighted by Gasteiger charge is -2.03. The number of nitrogens with one attached hydrogen (secondary N) is 1. The molecule has 0 saturated heterocycles. The molecule has 82 valence electrons. The number of hydrogen-bond donors (Lipinski definition) is 1. The van der Waals surface area contributed by atoms with Gasteiger partial charge in [0.1, 0.15) is 0 Å². The number of hydrogen-bond acceptors (Lipinski definition) is 2. The number of halogens is 1. The Morgan fingerprint density at radius 3 is 2.62 bits per heavy atom. The van der Waals surface area contributed by atoms with E-state index >= 15 is 0 Å². The van der Waals surface area contributed by atoms with Crippen molar-refractivity contribution in [1.82, 2.24) is 5.32 Å². The molecule has 0 aromatic heterocycles. The SMILES string of the molecule is CNCC(=O)c1ccc2cc(Cl)ccc2c1. The largest absolute Gasteiger partial charge is 0.313 e. The fourth-order valence-corrected chi connectivity index (χ4v) is 1.83. The standard InChI is InChI=1S/C13H12ClNO/c1-15-8-13(16)11-3-2-10-7-12(14)5-4-9(10)6-11/h2-7,15H,8H2,1H3. The summed E-state index contributed by atoms with van der Waals surface area (Å²) in [5, 5.41) is 5.65. The number of benzene rings is 2. The van der Waals surface area contributed by atoms with Crippen molar-refractivity contribution in [3.05, 3.63) is 47.0 Å². The van der Waals surface area contributed by atoms with Gasteiger partial charge in [-0.3, -0.25) is 4.79 Å². The summed E-state index contributed by atoms with van der Waals surface area (Å²) in [6.07, 6.45) is 0. The summed E-state index contributed by atoms with van der Waals surface area (Å²) in [7, 11) is 1.76. The maximum absolute atomic E-state index is 11.7. The zero-order valence-electron chi connectivity index (χ0n) is 8.96. The van der Waals surface area contributed by atoms with Crippen LogP contribution >= 0.6 is 11.6 Å². The second kappa shape index (κ2) is 4.64. The third-order valence-corrected chi connectivity index (χ3v) is 2.70. The molecule has 0 aliphatic heterocycles. The summed E-state index contributed by atoms with van der Waals surface area (Å²) in [5.74, 6) is 0.0966. The van der Waals surface area contributed by atoms with Crippen LogP contribution in [0.1, 0.15) is 10.4 Å². The minimum absolute atomic E-state index is 0.0966. The van der Waals surface area contributed by atoms with Crippen molar-refractivity contribution in [3.63, 3.8) is 0 Å². The molecule has 1 N–H and O–H groups in total. The van der Waals surface area contributed by atoms with Gasteiger partial charge in [0.05, 0.1) is 6.54 Å². The summed E-state index contributed by atoms with van der Waals surface area (Å²) in [5.41, 5.74) is 0.726. The van der Waals surface area contributed by atoms with Gasteiger partial charge in [0.25, 0.3) is 0 Å². The lowest BCUT2D eigenvalue weighted by molar-refractivity contribution is 0.0993. The molecule has 0 heterocycles. The van der Waals surface area contributed by atoms with Crippen LogP contribution < -0.4 is 5.32 Å². The molecule has 0 radical (unpaired) electrons. The van der Waals surface area contributed by atoms with E-state index in [1.807, 2.05) is 36.4 Å². The van der Waals surface area contributed by atoms with E-state index in [1.165, 1.54) is 0 Å². The van der Waals surface area contributed by atoms with Gasteiger partial charge in [0.15, 0.2) is 5.78 Å². The number of Topliss-reactive ketones (excluding diaryl/α,β-unsaturated/α-hetero) is 1. The second-order valence-corrected chi connectivity index (χ2v) is 4.10. The maximum Gasteiger partial charge on any atom is 0.176 e. The number of carbonyl (C=O) groups is 1. The number of ketones is 1. The topological polar surface area (TPSA) is 29.1 Å². The Kier molecular flexibility index (Phi) is 3.22. The highest BCUT2D eigenvalue weighted by molar-refractivity contribution is 6.31. The monoisotopic (exact) mass is 233 g/mol. The average molecular weight is 234 g/mol. The highest BCUT2D eigenvalue weighted by Crippen LogP contribution is 2.20. The van der Waals surface area contributed by atoms with Crippen LogP contribution in [0, 0.1) is 0 Å². The molecule has 0 spiro atoms. The molecule has 2 aromatic rings. The predicted octanol–water partition coefficient (Wildman–Crippen LogP) is 2.90. The lowest BCUT2D eigenvalue weighted by Crippen LogP contribution is -2.18. The first kappa shape index (κ1) is 11.1. The second-order valence-electron chi connectivity index (χ2n) is 3.66. The van der Waals surface area contributed by atoms with Gasteiger partial charge in [-0.15, -0.1) is 0 Å². The minimum Gasteiger partial charge on any atom is -0.313 e. The fourth-order valence-electron chi connectivity index (χ4n) is 1.65. The van der Waals surface area contributed by atoms with Crippen molar-refractivity contribution in [2.24, 2.45) is 0 Å². The van der Waals surface area contributed by atoms with Crippen LogP contribution in [0.25, 0.3) is 10.8 Å². The Morgan fingerprint density at radius 2 is 1.88 bits per heavy atom. The van der Waals surface area contributed by atoms with Crippen molar-refractivity contribution >= 4 is 28.2 Å². The first-order valence-electron chi connectivity index (χ1n) is 5.08. The normalized spacial score (nSPS) is 10.6. The lowest BCUT2D eigenvalue weighted by atomic mass is 10.0. The number of rotatable bonds is 3. The van der Waals surface area contributed by atoms with Crippen molar-refractivity contribution < 1.29 is 4.79 Å². The van der Waals surface area contributed by atoms with Gasteiger partial charge in [-0.1, -0.05) is 29.8 Å². The summed E-state index contributed by atoms with van der Waals surface area (Å²) in [6.45, 7) is 0.360. The first-order chi connectivity index (χ1) is 7.70. The summed E-state index contributed by atoms with van der Waals surface area (Å²) in [4.78, 5) is 11.7. The van der Waals surface area contributed by atoms with Crippen LogP contribution in [0.3, 0.4) is 0 Å². The molecular weight excluding hydrogens is 222 g/mol. The van der Waals surface area contributed by atoms with Gasteiger partial charge in [0.2, 0.25) is 0 Å². The van der Waals surface area contributed by atoms with E-state index in [4.69, 9.17) is 11.6 Å². The van der Waals surface area contributed by atoms with E-state index in [2.05, 4.69) is 5.32 Å². The van der Waals surface area contributed by atoms with Crippen LogP contribution in [0.5, 0.6) is 0 Å². The fraction of sp³-hybridized carbons (Fsp3) is 0.154. The van der Waals surface area contributed by atoms with Crippen LogP contribution in [-0.2, 0) is 0 Å². The highest BCUT2D eigenvalue weighted by atomic mass is 35.5. The first-order valence-corrected chi connectivity index (χ1v) is 5.45. The van der Waals surface area contributed by atoms with Gasteiger partial charge in [-0.05, 0) is 36.0 Å². The van der Waals surface area contributed by atoms with Crippen LogP contribution in [0.2, 0.25) is 5.02 Å². The van der Waals surface area contributed by atoms with Crippen molar-refractivity contribution in [3.8, 4) is 0 Å². The molecule has 0 atom stereocenters. The molecule has 2 nitrogen and oxygen atoms in total. The Balaban J connectivity index is 2.44. The smallest absolute Gasteiger partial charge is 0.176 e. The Bertz CT molecular complexity index is 536. The predicted molar refractivity (Wildman–Crippen MR) is 67.2 cm³/mol. The van der Waals surface area contributed by atoms with Crippen LogP contribution in [0.4, 0.5) is 0 Å². The van der Waals surface area contributed by atoms with Gasteiger partial charge in [-0.2, -0.15) is 0 Å². The molecule has 0 unspecified atom stereocenters. The van der Waals surface area contributed by atoms with Gasteiger partial charge >= 0.3 is 0 Å². The van der Waals surface area contributed by atoms with Gasteiger partial charge in [-0.25, -0.2) is 0 Å². The number of fused-ring (bicyclic) bond motifs is 1. The molecule has 0 saturated carbocycles. The maximum atomic E-state index is 11.7. The molecule has 3 heteroatoms.